The maximum absolute atomic E-state index is 5.84. The molecule has 1 unspecified atom stereocenters. The van der Waals surface area contributed by atoms with Crippen LogP contribution in [0.15, 0.2) is 45.6 Å². The van der Waals surface area contributed by atoms with Crippen LogP contribution in [-0.2, 0) is 6.42 Å². The molecule has 4 heteroatoms. The van der Waals surface area contributed by atoms with Crippen LogP contribution in [0.5, 0.6) is 0 Å². The van der Waals surface area contributed by atoms with E-state index < -0.39 is 0 Å². The first-order valence-corrected chi connectivity index (χ1v) is 7.36. The van der Waals surface area contributed by atoms with Gasteiger partial charge in [-0.25, -0.2) is 4.98 Å². The molecule has 0 aliphatic heterocycles. The number of furan rings is 1. The van der Waals surface area contributed by atoms with Crippen molar-refractivity contribution in [1.82, 2.24) is 10.3 Å². The van der Waals surface area contributed by atoms with E-state index in [4.69, 9.17) is 4.42 Å². The molecule has 1 atom stereocenters. The normalized spacial score (nSPS) is 12.9. The van der Waals surface area contributed by atoms with Crippen LogP contribution in [0.2, 0.25) is 0 Å². The SMILES string of the molecule is CC(NCCc1cscn1)c1cc2ccccc2o1. The molecular formula is C15H16N2OS. The lowest BCUT2D eigenvalue weighted by molar-refractivity contribution is 0.453. The van der Waals surface area contributed by atoms with Gasteiger partial charge in [0.1, 0.15) is 11.3 Å². The molecule has 0 aliphatic rings. The van der Waals surface area contributed by atoms with Gasteiger partial charge in [0.05, 0.1) is 17.2 Å². The highest BCUT2D eigenvalue weighted by Gasteiger charge is 2.10. The summed E-state index contributed by atoms with van der Waals surface area (Å²) in [6.45, 7) is 3.03. The van der Waals surface area contributed by atoms with Crippen molar-refractivity contribution in [1.29, 1.82) is 0 Å². The van der Waals surface area contributed by atoms with Crippen LogP contribution in [0.3, 0.4) is 0 Å². The average Bonchev–Trinajstić information content (AvgIpc) is 3.07. The van der Waals surface area contributed by atoms with Crippen LogP contribution in [0.1, 0.15) is 24.4 Å². The summed E-state index contributed by atoms with van der Waals surface area (Å²) in [5, 5.41) is 6.72. The Morgan fingerprint density at radius 1 is 1.37 bits per heavy atom. The standard InChI is InChI=1S/C15H16N2OS/c1-11(16-7-6-13-9-19-10-17-13)15-8-12-4-2-3-5-14(12)18-15/h2-5,8-11,16H,6-7H2,1H3. The Morgan fingerprint density at radius 2 is 2.26 bits per heavy atom. The smallest absolute Gasteiger partial charge is 0.134 e. The fourth-order valence-corrected chi connectivity index (χ4v) is 2.69. The summed E-state index contributed by atoms with van der Waals surface area (Å²) in [5.74, 6) is 0.986. The molecule has 0 bridgehead atoms. The van der Waals surface area contributed by atoms with Crippen molar-refractivity contribution < 1.29 is 4.42 Å². The van der Waals surface area contributed by atoms with E-state index >= 15 is 0 Å². The van der Waals surface area contributed by atoms with Crippen molar-refractivity contribution in [2.24, 2.45) is 0 Å². The maximum Gasteiger partial charge on any atom is 0.134 e. The summed E-state index contributed by atoms with van der Waals surface area (Å²) in [5.41, 5.74) is 3.97. The van der Waals surface area contributed by atoms with E-state index in [9.17, 15) is 0 Å². The molecule has 2 aromatic heterocycles. The number of benzene rings is 1. The topological polar surface area (TPSA) is 38.1 Å². The number of para-hydroxylation sites is 1. The van der Waals surface area contributed by atoms with Gasteiger partial charge in [-0.2, -0.15) is 0 Å². The Labute approximate surface area is 116 Å². The highest BCUT2D eigenvalue weighted by Crippen LogP contribution is 2.23. The van der Waals surface area contributed by atoms with E-state index in [1.165, 1.54) is 0 Å². The van der Waals surface area contributed by atoms with E-state index in [2.05, 4.69) is 34.7 Å². The van der Waals surface area contributed by atoms with E-state index in [0.29, 0.717) is 0 Å². The van der Waals surface area contributed by atoms with Gasteiger partial charge in [-0.15, -0.1) is 11.3 Å². The summed E-state index contributed by atoms with van der Waals surface area (Å²) in [6, 6.07) is 10.4. The summed E-state index contributed by atoms with van der Waals surface area (Å²) >= 11 is 1.64. The number of nitrogens with one attached hydrogen (secondary N) is 1. The van der Waals surface area contributed by atoms with Crippen LogP contribution < -0.4 is 5.32 Å². The second kappa shape index (κ2) is 5.55. The lowest BCUT2D eigenvalue weighted by atomic mass is 10.2. The van der Waals surface area contributed by atoms with Crippen LogP contribution in [0.4, 0.5) is 0 Å². The first-order chi connectivity index (χ1) is 9.33. The quantitative estimate of drug-likeness (QED) is 0.768. The lowest BCUT2D eigenvalue weighted by Crippen LogP contribution is -2.21. The molecule has 2 heterocycles. The zero-order valence-electron chi connectivity index (χ0n) is 10.8. The predicted molar refractivity (Wildman–Crippen MR) is 78.4 cm³/mol. The maximum atomic E-state index is 5.84. The van der Waals surface area contributed by atoms with Crippen molar-refractivity contribution in [3.05, 3.63) is 52.7 Å². The van der Waals surface area contributed by atoms with Gasteiger partial charge in [0.15, 0.2) is 0 Å². The third-order valence-electron chi connectivity index (χ3n) is 3.19. The minimum Gasteiger partial charge on any atom is -0.459 e. The van der Waals surface area contributed by atoms with E-state index in [1.807, 2.05) is 23.7 Å². The Balaban J connectivity index is 1.61. The van der Waals surface area contributed by atoms with Crippen molar-refractivity contribution in [2.75, 3.05) is 6.54 Å². The lowest BCUT2D eigenvalue weighted by Gasteiger charge is -2.10. The molecule has 0 amide bonds. The Kier molecular flexibility index (Phi) is 3.62. The highest BCUT2D eigenvalue weighted by molar-refractivity contribution is 7.07. The minimum atomic E-state index is 0.214. The van der Waals surface area contributed by atoms with Gasteiger partial charge >= 0.3 is 0 Å². The summed E-state index contributed by atoms with van der Waals surface area (Å²) in [4.78, 5) is 4.28. The molecule has 0 saturated carbocycles. The van der Waals surface area contributed by atoms with Gasteiger partial charge in [-0.05, 0) is 19.1 Å². The molecule has 3 rings (SSSR count). The van der Waals surface area contributed by atoms with Gasteiger partial charge in [-0.3, -0.25) is 0 Å². The number of hydrogen-bond acceptors (Lipinski definition) is 4. The third kappa shape index (κ3) is 2.85. The Morgan fingerprint density at radius 3 is 3.05 bits per heavy atom. The molecule has 3 nitrogen and oxygen atoms in total. The van der Waals surface area contributed by atoms with Gasteiger partial charge in [0.2, 0.25) is 0 Å². The van der Waals surface area contributed by atoms with Gasteiger partial charge in [0, 0.05) is 23.7 Å². The van der Waals surface area contributed by atoms with Crippen molar-refractivity contribution in [2.45, 2.75) is 19.4 Å². The van der Waals surface area contributed by atoms with Gasteiger partial charge in [0.25, 0.3) is 0 Å². The molecule has 0 radical (unpaired) electrons. The van der Waals surface area contributed by atoms with Crippen LogP contribution in [-0.4, -0.2) is 11.5 Å². The zero-order chi connectivity index (χ0) is 13.1. The summed E-state index contributed by atoms with van der Waals surface area (Å²) < 4.78 is 5.84. The molecule has 19 heavy (non-hydrogen) atoms. The monoisotopic (exact) mass is 272 g/mol. The van der Waals surface area contributed by atoms with Crippen molar-refractivity contribution in [3.8, 4) is 0 Å². The van der Waals surface area contributed by atoms with Crippen LogP contribution in [0.25, 0.3) is 11.0 Å². The molecule has 0 fully saturated rings. The second-order valence-electron chi connectivity index (χ2n) is 4.59. The molecule has 0 saturated heterocycles. The molecule has 3 aromatic rings. The predicted octanol–water partition coefficient (Wildman–Crippen LogP) is 3.78. The average molecular weight is 272 g/mol. The fraction of sp³-hybridized carbons (Fsp3) is 0.267. The number of nitrogens with zero attached hydrogens (tertiary/aromatic N) is 1. The zero-order valence-corrected chi connectivity index (χ0v) is 11.6. The molecule has 1 N–H and O–H groups in total. The molecule has 98 valence electrons. The van der Waals surface area contributed by atoms with E-state index in [-0.39, 0.29) is 6.04 Å². The number of hydrogen-bond donors (Lipinski definition) is 1. The van der Waals surface area contributed by atoms with E-state index in [0.717, 1.165) is 35.4 Å². The van der Waals surface area contributed by atoms with Gasteiger partial charge < -0.3 is 9.73 Å². The molecule has 1 aromatic carbocycles. The molecular weight excluding hydrogens is 256 g/mol. The summed E-state index contributed by atoms with van der Waals surface area (Å²) in [6.07, 6.45) is 0.952. The fourth-order valence-electron chi connectivity index (χ4n) is 2.09. The largest absolute Gasteiger partial charge is 0.459 e. The highest BCUT2D eigenvalue weighted by atomic mass is 32.1. The third-order valence-corrected chi connectivity index (χ3v) is 3.82. The van der Waals surface area contributed by atoms with E-state index in [1.54, 1.807) is 11.3 Å². The first-order valence-electron chi connectivity index (χ1n) is 6.42. The van der Waals surface area contributed by atoms with Gasteiger partial charge in [-0.1, -0.05) is 18.2 Å². The Hall–Kier alpha value is -1.65. The minimum absolute atomic E-state index is 0.214. The van der Waals surface area contributed by atoms with Crippen molar-refractivity contribution in [3.63, 3.8) is 0 Å². The number of rotatable bonds is 5. The summed E-state index contributed by atoms with van der Waals surface area (Å²) in [7, 11) is 0. The Bertz CT molecular complexity index is 612. The molecule has 0 aliphatic carbocycles. The second-order valence-corrected chi connectivity index (χ2v) is 5.31. The number of aromatic nitrogens is 1. The van der Waals surface area contributed by atoms with Crippen molar-refractivity contribution >= 4 is 22.3 Å². The van der Waals surface area contributed by atoms with Crippen LogP contribution in [0, 0.1) is 0 Å². The first kappa shape index (κ1) is 12.4. The number of thiazole rings is 1. The number of fused-ring (bicyclic) bond motifs is 1. The van der Waals surface area contributed by atoms with Crippen LogP contribution >= 0.6 is 11.3 Å². The molecule has 0 spiro atoms.